The first-order valence-electron chi connectivity index (χ1n) is 20.6. The number of carboxylic acids is 1. The molecule has 0 bridgehead atoms. The number of carboxylic acid groups (broad SMARTS) is 1. The Balaban J connectivity index is 0.000000249. The number of pyridine rings is 6. The molecular weight excluding hydrogens is 835 g/mol. The van der Waals surface area contributed by atoms with Gasteiger partial charge in [-0.25, -0.2) is 4.79 Å². The van der Waals surface area contributed by atoms with Crippen LogP contribution >= 0.6 is 0 Å². The Bertz CT molecular complexity index is 2140. The number of carbonyl (C=O) groups is 2. The smallest absolute Gasteiger partial charge is 0.337 e. The Kier molecular flexibility index (Phi) is 21.4. The van der Waals surface area contributed by atoms with E-state index in [9.17, 15) is 24.9 Å². The third kappa shape index (κ3) is 17.6. The van der Waals surface area contributed by atoms with Crippen LogP contribution in [0.1, 0.15) is 61.3 Å². The molecule has 65 heavy (non-hydrogen) atoms. The number of aromatic carboxylic acids is 1. The molecule has 6 aromatic heterocycles. The molecule has 6 heterocycles. The van der Waals surface area contributed by atoms with Crippen LogP contribution in [0.4, 0.5) is 0 Å². The van der Waals surface area contributed by atoms with E-state index in [1.807, 2.05) is 72.8 Å². The van der Waals surface area contributed by atoms with Crippen molar-refractivity contribution in [1.29, 1.82) is 0 Å². The van der Waals surface area contributed by atoms with Crippen LogP contribution < -0.4 is 5.73 Å². The summed E-state index contributed by atoms with van der Waals surface area (Å²) in [7, 11) is 0. The lowest BCUT2D eigenvalue weighted by atomic mass is 9.84. The number of carbonyl (C=O) groups excluding carboxylic acids is 1. The summed E-state index contributed by atoms with van der Waals surface area (Å²) in [6, 6.07) is 30.0. The number of aliphatic hydroxyl groups is 6. The largest absolute Gasteiger partial charge is 0.478 e. The van der Waals surface area contributed by atoms with Crippen molar-refractivity contribution >= 4 is 11.8 Å². The number of Topliss-reactive ketones (excluding diaryl/α,β-unsaturated/α-hetero) is 1. The van der Waals surface area contributed by atoms with Crippen LogP contribution in [0.15, 0.2) is 134 Å². The van der Waals surface area contributed by atoms with Crippen LogP contribution in [0.5, 0.6) is 0 Å². The summed E-state index contributed by atoms with van der Waals surface area (Å²) in [5.41, 5.74) is 8.63. The molecule has 9 N–H and O–H groups in total. The van der Waals surface area contributed by atoms with E-state index in [4.69, 9.17) is 26.2 Å². The molecule has 0 aliphatic carbocycles. The summed E-state index contributed by atoms with van der Waals surface area (Å²) in [5.74, 6) is -1.27. The van der Waals surface area contributed by atoms with Gasteiger partial charge in [0, 0.05) is 93.8 Å². The normalized spacial score (nSPS) is 11.3. The zero-order chi connectivity index (χ0) is 46.9. The van der Waals surface area contributed by atoms with Crippen LogP contribution in [-0.2, 0) is 39.3 Å². The predicted molar refractivity (Wildman–Crippen MR) is 239 cm³/mol. The maximum absolute atomic E-state index is 12.6. The van der Waals surface area contributed by atoms with Gasteiger partial charge in [0.25, 0.3) is 0 Å². The lowest BCUT2D eigenvalue weighted by Gasteiger charge is -2.26. The molecule has 344 valence electrons. The highest BCUT2D eigenvalue weighted by Crippen LogP contribution is 2.23. The summed E-state index contributed by atoms with van der Waals surface area (Å²) in [5, 5.41) is 62.4. The van der Waals surface area contributed by atoms with Gasteiger partial charge in [-0.3, -0.25) is 44.5 Å². The first kappa shape index (κ1) is 51.3. The van der Waals surface area contributed by atoms with E-state index in [-0.39, 0.29) is 17.8 Å². The van der Waals surface area contributed by atoms with Gasteiger partial charge in [-0.15, -0.1) is 0 Å². The minimum Gasteiger partial charge on any atom is -0.478 e. The minimum absolute atomic E-state index is 0.164. The van der Waals surface area contributed by atoms with E-state index in [1.165, 1.54) is 12.4 Å². The molecule has 0 fully saturated rings. The summed E-state index contributed by atoms with van der Waals surface area (Å²) in [6.07, 6.45) is 9.78. The fourth-order valence-corrected chi connectivity index (χ4v) is 5.91. The average molecular weight is 892 g/mol. The Morgan fingerprint density at radius 3 is 1.00 bits per heavy atom. The van der Waals surface area contributed by atoms with E-state index >= 15 is 0 Å². The third-order valence-corrected chi connectivity index (χ3v) is 9.92. The van der Waals surface area contributed by atoms with E-state index in [0.29, 0.717) is 44.8 Å². The first-order valence-corrected chi connectivity index (χ1v) is 20.6. The van der Waals surface area contributed by atoms with Crippen molar-refractivity contribution in [2.24, 2.45) is 11.1 Å². The van der Waals surface area contributed by atoms with E-state index in [1.54, 1.807) is 49.1 Å². The number of nitrogens with zero attached hydrogens (tertiary/aromatic N) is 8. The summed E-state index contributed by atoms with van der Waals surface area (Å²) >= 11 is 0. The van der Waals surface area contributed by atoms with Gasteiger partial charge >= 0.3 is 5.97 Å². The number of aliphatic hydroxyl groups excluding tert-OH is 6. The minimum atomic E-state index is -1.24. The molecule has 0 spiro atoms. The summed E-state index contributed by atoms with van der Waals surface area (Å²) in [6.45, 7) is 1.01. The molecule has 0 unspecified atom stereocenters. The van der Waals surface area contributed by atoms with Gasteiger partial charge in [0.2, 0.25) is 0 Å². The first-order chi connectivity index (χ1) is 31.5. The van der Waals surface area contributed by atoms with Crippen LogP contribution in [0.3, 0.4) is 0 Å². The van der Waals surface area contributed by atoms with E-state index in [0.717, 1.165) is 34.2 Å². The van der Waals surface area contributed by atoms with Crippen molar-refractivity contribution in [3.63, 3.8) is 0 Å². The lowest BCUT2D eigenvalue weighted by Crippen LogP contribution is -2.50. The second-order valence-electron chi connectivity index (χ2n) is 15.4. The van der Waals surface area contributed by atoms with Crippen LogP contribution in [0, 0.1) is 5.41 Å². The van der Waals surface area contributed by atoms with Crippen molar-refractivity contribution in [2.45, 2.75) is 51.2 Å². The van der Waals surface area contributed by atoms with Gasteiger partial charge in [-0.2, -0.15) is 0 Å². The highest BCUT2D eigenvalue weighted by Gasteiger charge is 2.31. The molecule has 6 aromatic rings. The molecule has 0 amide bonds. The highest BCUT2D eigenvalue weighted by molar-refractivity contribution is 5.96. The molecule has 0 aliphatic heterocycles. The number of aromatic nitrogens is 6. The van der Waals surface area contributed by atoms with Crippen LogP contribution in [-0.4, -0.2) is 132 Å². The lowest BCUT2D eigenvalue weighted by molar-refractivity contribution is 0.00192. The zero-order valence-corrected chi connectivity index (χ0v) is 36.0. The fraction of sp³-hybridized carbons (Fsp3) is 0.319. The number of rotatable bonds is 22. The van der Waals surface area contributed by atoms with E-state index in [2.05, 4.69) is 39.7 Å². The van der Waals surface area contributed by atoms with Crippen molar-refractivity contribution < 1.29 is 45.3 Å². The van der Waals surface area contributed by atoms with Crippen LogP contribution in [0.2, 0.25) is 0 Å². The Morgan fingerprint density at radius 1 is 0.446 bits per heavy atom. The van der Waals surface area contributed by atoms with Crippen LogP contribution in [0.25, 0.3) is 0 Å². The predicted octanol–water partition coefficient (Wildman–Crippen LogP) is 2.04. The summed E-state index contributed by atoms with van der Waals surface area (Å²) in [4.78, 5) is 54.1. The van der Waals surface area contributed by atoms with Gasteiger partial charge in [-0.05, 0) is 72.8 Å². The number of hydrogen-bond acceptors (Lipinski definition) is 17. The molecule has 0 aliphatic rings. The second kappa shape index (κ2) is 27.1. The maximum atomic E-state index is 12.6. The monoisotopic (exact) mass is 891 g/mol. The molecule has 0 saturated carbocycles. The summed E-state index contributed by atoms with van der Waals surface area (Å²) < 4.78 is 0. The molecule has 0 aromatic carbocycles. The Morgan fingerprint density at radius 2 is 0.769 bits per heavy atom. The Hall–Kier alpha value is -6.32. The van der Waals surface area contributed by atoms with Gasteiger partial charge in [0.1, 0.15) is 0 Å². The van der Waals surface area contributed by atoms with Crippen molar-refractivity contribution in [3.05, 3.63) is 180 Å². The molecule has 0 radical (unpaired) electrons. The third-order valence-electron chi connectivity index (χ3n) is 9.92. The van der Waals surface area contributed by atoms with Crippen molar-refractivity contribution in [1.82, 2.24) is 39.7 Å². The molecule has 0 saturated heterocycles. The molecule has 6 rings (SSSR count). The van der Waals surface area contributed by atoms with Gasteiger partial charge in [0.15, 0.2) is 5.78 Å². The molecular formula is C47H57N9O9. The van der Waals surface area contributed by atoms with Gasteiger partial charge in [0.05, 0.1) is 84.9 Å². The fourth-order valence-electron chi connectivity index (χ4n) is 5.91. The van der Waals surface area contributed by atoms with Crippen molar-refractivity contribution in [2.75, 3.05) is 39.6 Å². The molecule has 18 nitrogen and oxygen atoms in total. The number of hydrogen-bond donors (Lipinski definition) is 8. The SMILES string of the molecule is NC(CO)(CO)CO.O=C(CC(CO)(CO)CO)c1ccc(CN(Cc2ccccn2)Cc2ccccn2)nc1.O=C(O)c1ccc(CN(Cc2ccccn2)Cc2ccccn2)nc1. The number of ketones is 1. The molecule has 0 atom stereocenters. The maximum Gasteiger partial charge on any atom is 0.337 e. The quantitative estimate of drug-likeness (QED) is 0.0453. The highest BCUT2D eigenvalue weighted by atomic mass is 16.4. The van der Waals surface area contributed by atoms with E-state index < -0.39 is 56.6 Å². The van der Waals surface area contributed by atoms with Gasteiger partial charge < -0.3 is 41.5 Å². The zero-order valence-electron chi connectivity index (χ0n) is 36.0. The average Bonchev–Trinajstić information content (AvgIpc) is 3.35. The molecule has 18 heteroatoms. The second-order valence-corrected chi connectivity index (χ2v) is 15.4. The Labute approximate surface area is 377 Å². The standard InChI is InChI=1S/C24H28N4O4.C19H18N4O2.C4H11NO3/c29-16-24(17-30,18-31)11-23(32)19-7-8-22(27-12-19)15-28(13-20-5-1-3-9-25-20)14-21-6-2-4-10-26-21;24-19(25)15-7-8-18(22-11-15)14-23(12-16-5-1-3-9-20-16)13-17-6-2-4-10-21-17;5-4(1-6,2-7)3-8/h1-10,12,29-31H,11,13-18H2;1-11H,12-14H2,(H,24,25);6-8H,1-3,5H2. The number of nitrogens with two attached hydrogens (primary N) is 1. The topological polar surface area (TPSA) is 286 Å². The van der Waals surface area contributed by atoms with Crippen molar-refractivity contribution in [3.8, 4) is 0 Å². The van der Waals surface area contributed by atoms with Gasteiger partial charge in [-0.1, -0.05) is 24.3 Å².